The van der Waals surface area contributed by atoms with E-state index in [0.29, 0.717) is 19.8 Å². The van der Waals surface area contributed by atoms with Crippen molar-refractivity contribution >= 4 is 0 Å². The van der Waals surface area contributed by atoms with Crippen LogP contribution in [-0.4, -0.2) is 13.2 Å². The predicted molar refractivity (Wildman–Crippen MR) is 85.3 cm³/mol. The molecule has 1 atom stereocenters. The zero-order valence-corrected chi connectivity index (χ0v) is 12.5. The van der Waals surface area contributed by atoms with E-state index in [1.165, 1.54) is 5.56 Å². The molecular weight excluding hydrogens is 262 g/mol. The molecule has 0 aliphatic carbocycles. The molecule has 0 aromatic heterocycles. The van der Waals surface area contributed by atoms with Crippen LogP contribution in [0.15, 0.2) is 54.6 Å². The van der Waals surface area contributed by atoms with E-state index < -0.39 is 0 Å². The van der Waals surface area contributed by atoms with E-state index in [0.717, 1.165) is 17.7 Å². The smallest absolute Gasteiger partial charge is 0.119 e. The number of benzene rings is 2. The molecule has 2 aromatic carbocycles. The minimum Gasteiger partial charge on any atom is -0.493 e. The first kappa shape index (κ1) is 15.5. The molecule has 0 bridgehead atoms. The lowest BCUT2D eigenvalue weighted by molar-refractivity contribution is 0.0571. The van der Waals surface area contributed by atoms with E-state index in [2.05, 4.69) is 19.1 Å². The summed E-state index contributed by atoms with van der Waals surface area (Å²) in [5.74, 6) is 0.869. The van der Waals surface area contributed by atoms with Crippen molar-refractivity contribution in [1.29, 1.82) is 0 Å². The third-order valence-electron chi connectivity index (χ3n) is 3.33. The van der Waals surface area contributed by atoms with Gasteiger partial charge in [-0.25, -0.2) is 0 Å². The molecule has 0 fully saturated rings. The third kappa shape index (κ3) is 5.21. The van der Waals surface area contributed by atoms with Gasteiger partial charge in [-0.15, -0.1) is 0 Å². The molecule has 0 spiro atoms. The molecule has 0 aliphatic heterocycles. The summed E-state index contributed by atoms with van der Waals surface area (Å²) < 4.78 is 11.5. The summed E-state index contributed by atoms with van der Waals surface area (Å²) in [6.07, 6.45) is 0.982. The van der Waals surface area contributed by atoms with Gasteiger partial charge in [-0.1, -0.05) is 42.5 Å². The first-order valence-corrected chi connectivity index (χ1v) is 7.38. The molecule has 2 N–H and O–H groups in total. The highest BCUT2D eigenvalue weighted by Crippen LogP contribution is 2.16. The van der Waals surface area contributed by atoms with Crippen molar-refractivity contribution in [2.24, 2.45) is 5.73 Å². The molecule has 0 amide bonds. The Morgan fingerprint density at radius 3 is 2.57 bits per heavy atom. The highest BCUT2D eigenvalue weighted by Gasteiger charge is 2.04. The lowest BCUT2D eigenvalue weighted by Gasteiger charge is -2.13. The van der Waals surface area contributed by atoms with E-state index in [1.807, 2.05) is 42.5 Å². The summed E-state index contributed by atoms with van der Waals surface area (Å²) in [4.78, 5) is 0. The largest absolute Gasteiger partial charge is 0.493 e. The summed E-state index contributed by atoms with van der Waals surface area (Å²) in [6.45, 7) is 3.94. The second-order valence-corrected chi connectivity index (χ2v) is 4.98. The number of hydrogen-bond donors (Lipinski definition) is 1. The van der Waals surface area contributed by atoms with E-state index in [4.69, 9.17) is 15.2 Å². The average Bonchev–Trinajstić information content (AvgIpc) is 2.55. The van der Waals surface area contributed by atoms with Crippen molar-refractivity contribution in [2.45, 2.75) is 26.0 Å². The maximum Gasteiger partial charge on any atom is 0.119 e. The topological polar surface area (TPSA) is 44.5 Å². The molecule has 2 rings (SSSR count). The second-order valence-electron chi connectivity index (χ2n) is 4.98. The molecule has 3 heteroatoms. The first-order valence-electron chi connectivity index (χ1n) is 7.38. The van der Waals surface area contributed by atoms with Crippen molar-refractivity contribution in [3.8, 4) is 5.75 Å². The highest BCUT2D eigenvalue weighted by molar-refractivity contribution is 5.28. The van der Waals surface area contributed by atoms with Crippen molar-refractivity contribution in [3.05, 3.63) is 65.7 Å². The summed E-state index contributed by atoms with van der Waals surface area (Å²) in [5.41, 5.74) is 7.90. The van der Waals surface area contributed by atoms with Crippen LogP contribution in [0.2, 0.25) is 0 Å². The van der Waals surface area contributed by atoms with Crippen LogP contribution >= 0.6 is 0 Å². The number of hydrogen-bond acceptors (Lipinski definition) is 3. The normalized spacial score (nSPS) is 12.1. The van der Waals surface area contributed by atoms with E-state index in [9.17, 15) is 0 Å². The van der Waals surface area contributed by atoms with Crippen LogP contribution in [-0.2, 0) is 11.3 Å². The SMILES string of the molecule is CC(OCCCOc1cccc(CN)c1)c1ccccc1. The fourth-order valence-corrected chi connectivity index (χ4v) is 2.09. The Kier molecular flexibility index (Phi) is 6.25. The number of rotatable bonds is 8. The van der Waals surface area contributed by atoms with Gasteiger partial charge < -0.3 is 15.2 Å². The predicted octanol–water partition coefficient (Wildman–Crippen LogP) is 3.69. The van der Waals surface area contributed by atoms with Crippen LogP contribution in [0.3, 0.4) is 0 Å². The standard InChI is InChI=1S/C18H23NO2/c1-15(17-8-3-2-4-9-17)20-11-6-12-21-18-10-5-7-16(13-18)14-19/h2-5,7-10,13,15H,6,11-12,14,19H2,1H3. The Balaban J connectivity index is 1.66. The molecule has 0 radical (unpaired) electrons. The van der Waals surface area contributed by atoms with Gasteiger partial charge in [-0.05, 0) is 30.2 Å². The molecule has 1 unspecified atom stereocenters. The lowest BCUT2D eigenvalue weighted by Crippen LogP contribution is -2.06. The first-order chi connectivity index (χ1) is 10.3. The molecule has 0 saturated heterocycles. The second kappa shape index (κ2) is 8.45. The fraction of sp³-hybridized carbons (Fsp3) is 0.333. The van der Waals surface area contributed by atoms with Gasteiger partial charge in [0.25, 0.3) is 0 Å². The Bertz CT molecular complexity index is 528. The Hall–Kier alpha value is -1.84. The fourth-order valence-electron chi connectivity index (χ4n) is 2.09. The van der Waals surface area contributed by atoms with Crippen LogP contribution in [0.5, 0.6) is 5.75 Å². The lowest BCUT2D eigenvalue weighted by atomic mass is 10.1. The van der Waals surface area contributed by atoms with Gasteiger partial charge in [0.15, 0.2) is 0 Å². The highest BCUT2D eigenvalue weighted by atomic mass is 16.5. The van der Waals surface area contributed by atoms with Crippen LogP contribution in [0, 0.1) is 0 Å². The number of nitrogens with two attached hydrogens (primary N) is 1. The molecule has 3 nitrogen and oxygen atoms in total. The van der Waals surface area contributed by atoms with E-state index >= 15 is 0 Å². The van der Waals surface area contributed by atoms with Gasteiger partial charge in [-0.2, -0.15) is 0 Å². The van der Waals surface area contributed by atoms with Crippen molar-refractivity contribution in [1.82, 2.24) is 0 Å². The maximum absolute atomic E-state index is 5.81. The average molecular weight is 285 g/mol. The maximum atomic E-state index is 5.81. The molecule has 112 valence electrons. The molecule has 0 aliphatic rings. The van der Waals surface area contributed by atoms with Crippen molar-refractivity contribution in [2.75, 3.05) is 13.2 Å². The van der Waals surface area contributed by atoms with Gasteiger partial charge in [0.2, 0.25) is 0 Å². The van der Waals surface area contributed by atoms with Crippen LogP contribution in [0.25, 0.3) is 0 Å². The Morgan fingerprint density at radius 1 is 1.00 bits per heavy atom. The Labute approximate surface area is 126 Å². The van der Waals surface area contributed by atoms with Gasteiger partial charge in [0, 0.05) is 13.0 Å². The van der Waals surface area contributed by atoms with Gasteiger partial charge in [-0.3, -0.25) is 0 Å². The third-order valence-corrected chi connectivity index (χ3v) is 3.33. The summed E-state index contributed by atoms with van der Waals surface area (Å²) in [7, 11) is 0. The van der Waals surface area contributed by atoms with Gasteiger partial charge in [0.1, 0.15) is 5.75 Å². The molecule has 0 heterocycles. The van der Waals surface area contributed by atoms with Crippen LogP contribution in [0.4, 0.5) is 0 Å². The van der Waals surface area contributed by atoms with Gasteiger partial charge >= 0.3 is 0 Å². The molecule has 0 saturated carbocycles. The molecule has 2 aromatic rings. The van der Waals surface area contributed by atoms with Crippen LogP contribution in [0.1, 0.15) is 30.6 Å². The quantitative estimate of drug-likeness (QED) is 0.752. The summed E-state index contributed by atoms with van der Waals surface area (Å²) in [6, 6.07) is 18.1. The minimum atomic E-state index is 0.117. The summed E-state index contributed by atoms with van der Waals surface area (Å²) >= 11 is 0. The minimum absolute atomic E-state index is 0.117. The zero-order valence-electron chi connectivity index (χ0n) is 12.5. The monoisotopic (exact) mass is 285 g/mol. The zero-order chi connectivity index (χ0) is 14.9. The summed E-state index contributed by atoms with van der Waals surface area (Å²) in [5, 5.41) is 0. The van der Waals surface area contributed by atoms with E-state index in [1.54, 1.807) is 0 Å². The van der Waals surface area contributed by atoms with Crippen LogP contribution < -0.4 is 10.5 Å². The Morgan fingerprint density at radius 2 is 1.81 bits per heavy atom. The van der Waals surface area contributed by atoms with Gasteiger partial charge in [0.05, 0.1) is 19.3 Å². The molecular formula is C18H23NO2. The number of ether oxygens (including phenoxy) is 2. The van der Waals surface area contributed by atoms with Crippen molar-refractivity contribution < 1.29 is 9.47 Å². The van der Waals surface area contributed by atoms with Crippen molar-refractivity contribution in [3.63, 3.8) is 0 Å². The van der Waals surface area contributed by atoms with E-state index in [-0.39, 0.29) is 6.10 Å². The molecule has 21 heavy (non-hydrogen) atoms.